The molecule has 0 aromatic heterocycles. The van der Waals surface area contributed by atoms with Crippen molar-refractivity contribution < 1.29 is 0 Å². The third-order valence-electron chi connectivity index (χ3n) is 3.40. The van der Waals surface area contributed by atoms with Crippen LogP contribution in [-0.4, -0.2) is 5.71 Å². The summed E-state index contributed by atoms with van der Waals surface area (Å²) in [5.41, 5.74) is 5.13. The van der Waals surface area contributed by atoms with Gasteiger partial charge in [-0.1, -0.05) is 44.9 Å². The lowest BCUT2D eigenvalue weighted by atomic mass is 9.77. The topological polar surface area (TPSA) is 23.9 Å². The average molecular weight is 227 g/mol. The fraction of sp³-hybridized carbons (Fsp3) is 0.312. The van der Waals surface area contributed by atoms with Crippen LogP contribution in [0.1, 0.15) is 26.7 Å². The second-order valence-electron chi connectivity index (χ2n) is 4.35. The van der Waals surface area contributed by atoms with Crippen molar-refractivity contribution in [3.63, 3.8) is 0 Å². The molecule has 1 aliphatic rings. The van der Waals surface area contributed by atoms with Gasteiger partial charge in [-0.3, -0.25) is 0 Å². The fourth-order valence-corrected chi connectivity index (χ4v) is 2.05. The molecule has 0 fully saturated rings. The van der Waals surface area contributed by atoms with Crippen LogP contribution in [0.15, 0.2) is 60.3 Å². The van der Waals surface area contributed by atoms with Crippen LogP contribution in [0.3, 0.4) is 0 Å². The van der Waals surface area contributed by atoms with Crippen molar-refractivity contribution in [3.05, 3.63) is 60.3 Å². The summed E-state index contributed by atoms with van der Waals surface area (Å²) in [5, 5.41) is 8.11. The molecule has 1 N–H and O–H groups in total. The Kier molecular flexibility index (Phi) is 4.45. The van der Waals surface area contributed by atoms with E-state index in [1.54, 1.807) is 0 Å². The molecule has 0 spiro atoms. The highest BCUT2D eigenvalue weighted by Gasteiger charge is 2.23. The third-order valence-corrected chi connectivity index (χ3v) is 3.40. The van der Waals surface area contributed by atoms with Crippen LogP contribution in [0.5, 0.6) is 0 Å². The van der Waals surface area contributed by atoms with Gasteiger partial charge in [0.25, 0.3) is 0 Å². The standard InChI is InChI=1S/C16H21N/c1-6-13(7-2)12(5)16(17)10-15-9-14(8-3)11(15)4/h6,8-9,15,17H,1,3-4,7,10H2,2,5H3/b13-12-,17-16?. The Labute approximate surface area is 104 Å². The maximum absolute atomic E-state index is 8.11. The van der Waals surface area contributed by atoms with Gasteiger partial charge in [-0.2, -0.15) is 0 Å². The Hall–Kier alpha value is -1.63. The summed E-state index contributed by atoms with van der Waals surface area (Å²) in [7, 11) is 0. The van der Waals surface area contributed by atoms with E-state index in [2.05, 4.69) is 32.7 Å². The fourth-order valence-electron chi connectivity index (χ4n) is 2.05. The molecule has 1 unspecified atom stereocenters. The van der Waals surface area contributed by atoms with Crippen LogP contribution >= 0.6 is 0 Å². The SMILES string of the molecule is C=CC1=CC(CC(=N)/C(C)=C(/C=C)CC)C1=C. The van der Waals surface area contributed by atoms with Gasteiger partial charge in [0.1, 0.15) is 0 Å². The maximum Gasteiger partial charge on any atom is 0.0355 e. The molecule has 0 aromatic rings. The first-order valence-corrected chi connectivity index (χ1v) is 5.98. The molecule has 0 bridgehead atoms. The number of allylic oxidation sites excluding steroid dienone is 7. The lowest BCUT2D eigenvalue weighted by Crippen LogP contribution is -2.17. The van der Waals surface area contributed by atoms with Gasteiger partial charge in [-0.15, -0.1) is 0 Å². The van der Waals surface area contributed by atoms with Crippen LogP contribution in [-0.2, 0) is 0 Å². The summed E-state index contributed by atoms with van der Waals surface area (Å²) < 4.78 is 0. The maximum atomic E-state index is 8.11. The molecule has 1 atom stereocenters. The average Bonchev–Trinajstić information content (AvgIpc) is 2.34. The summed E-state index contributed by atoms with van der Waals surface area (Å²) >= 11 is 0. The van der Waals surface area contributed by atoms with E-state index >= 15 is 0 Å². The quantitative estimate of drug-likeness (QED) is 0.506. The highest BCUT2D eigenvalue weighted by Crippen LogP contribution is 2.35. The molecule has 0 aliphatic heterocycles. The monoisotopic (exact) mass is 227 g/mol. The van der Waals surface area contributed by atoms with Crippen LogP contribution in [0.4, 0.5) is 0 Å². The Bertz CT molecular complexity index is 432. The van der Waals surface area contributed by atoms with Gasteiger partial charge >= 0.3 is 0 Å². The summed E-state index contributed by atoms with van der Waals surface area (Å²) in [5.74, 6) is 0.313. The minimum atomic E-state index is 0.313. The Balaban J connectivity index is 2.73. The molecule has 1 heteroatoms. The van der Waals surface area contributed by atoms with Crippen LogP contribution in [0.2, 0.25) is 0 Å². The minimum absolute atomic E-state index is 0.313. The van der Waals surface area contributed by atoms with Crippen molar-refractivity contribution in [2.45, 2.75) is 26.7 Å². The first-order chi connectivity index (χ1) is 8.04. The van der Waals surface area contributed by atoms with Gasteiger partial charge in [-0.25, -0.2) is 0 Å². The minimum Gasteiger partial charge on any atom is -0.305 e. The zero-order chi connectivity index (χ0) is 13.0. The van der Waals surface area contributed by atoms with E-state index in [0.717, 1.165) is 35.1 Å². The summed E-state index contributed by atoms with van der Waals surface area (Å²) in [6.07, 6.45) is 7.48. The Morgan fingerprint density at radius 1 is 1.47 bits per heavy atom. The smallest absolute Gasteiger partial charge is 0.0355 e. The van der Waals surface area contributed by atoms with Crippen molar-refractivity contribution in [2.75, 3.05) is 0 Å². The molecule has 1 nitrogen and oxygen atoms in total. The number of rotatable bonds is 6. The molecule has 0 aromatic carbocycles. The van der Waals surface area contributed by atoms with Crippen molar-refractivity contribution in [1.82, 2.24) is 0 Å². The van der Waals surface area contributed by atoms with Crippen LogP contribution < -0.4 is 0 Å². The van der Waals surface area contributed by atoms with Gasteiger partial charge in [0.2, 0.25) is 0 Å². The van der Waals surface area contributed by atoms with Gasteiger partial charge in [0.05, 0.1) is 0 Å². The molecule has 0 amide bonds. The van der Waals surface area contributed by atoms with Gasteiger partial charge < -0.3 is 5.41 Å². The molecule has 1 aliphatic carbocycles. The van der Waals surface area contributed by atoms with Gasteiger partial charge in [0.15, 0.2) is 0 Å². The number of hydrogen-bond acceptors (Lipinski definition) is 1. The summed E-state index contributed by atoms with van der Waals surface area (Å²) in [4.78, 5) is 0. The van der Waals surface area contributed by atoms with E-state index in [0.29, 0.717) is 11.6 Å². The lowest BCUT2D eigenvalue weighted by Gasteiger charge is -2.27. The molecule has 0 saturated carbocycles. The normalized spacial score (nSPS) is 20.0. The highest BCUT2D eigenvalue weighted by molar-refractivity contribution is 5.99. The van der Waals surface area contributed by atoms with E-state index in [4.69, 9.17) is 5.41 Å². The second kappa shape index (κ2) is 5.62. The molecular formula is C16H21N. The van der Waals surface area contributed by atoms with E-state index < -0.39 is 0 Å². The van der Waals surface area contributed by atoms with Crippen molar-refractivity contribution in [3.8, 4) is 0 Å². The van der Waals surface area contributed by atoms with Crippen molar-refractivity contribution in [1.29, 1.82) is 5.41 Å². The van der Waals surface area contributed by atoms with E-state index in [1.165, 1.54) is 0 Å². The van der Waals surface area contributed by atoms with E-state index in [-0.39, 0.29) is 0 Å². The number of hydrogen-bond donors (Lipinski definition) is 1. The van der Waals surface area contributed by atoms with Gasteiger partial charge in [0, 0.05) is 11.6 Å². The second-order valence-corrected chi connectivity index (χ2v) is 4.35. The van der Waals surface area contributed by atoms with Crippen molar-refractivity contribution >= 4 is 5.71 Å². The molecule has 0 radical (unpaired) electrons. The molecule has 1 rings (SSSR count). The van der Waals surface area contributed by atoms with Crippen molar-refractivity contribution in [2.24, 2.45) is 5.92 Å². The number of nitrogens with one attached hydrogen (secondary N) is 1. The molecule has 0 saturated heterocycles. The highest BCUT2D eigenvalue weighted by atomic mass is 14.4. The molecule has 90 valence electrons. The first-order valence-electron chi connectivity index (χ1n) is 5.98. The predicted molar refractivity (Wildman–Crippen MR) is 76.4 cm³/mol. The summed E-state index contributed by atoms with van der Waals surface area (Å²) in [6, 6.07) is 0. The zero-order valence-corrected chi connectivity index (χ0v) is 10.8. The Morgan fingerprint density at radius 3 is 2.53 bits per heavy atom. The van der Waals surface area contributed by atoms with Crippen LogP contribution in [0, 0.1) is 11.3 Å². The van der Waals surface area contributed by atoms with E-state index in [1.807, 2.05) is 19.1 Å². The summed E-state index contributed by atoms with van der Waals surface area (Å²) in [6.45, 7) is 15.6. The van der Waals surface area contributed by atoms with Crippen LogP contribution in [0.25, 0.3) is 0 Å². The zero-order valence-electron chi connectivity index (χ0n) is 10.8. The lowest BCUT2D eigenvalue weighted by molar-refractivity contribution is 0.756. The molecular weight excluding hydrogens is 206 g/mol. The van der Waals surface area contributed by atoms with E-state index in [9.17, 15) is 0 Å². The molecule has 17 heavy (non-hydrogen) atoms. The largest absolute Gasteiger partial charge is 0.305 e. The molecule has 0 heterocycles. The predicted octanol–water partition coefficient (Wildman–Crippen LogP) is 4.61. The first kappa shape index (κ1) is 13.4. The Morgan fingerprint density at radius 2 is 2.12 bits per heavy atom. The third kappa shape index (κ3) is 2.73. The van der Waals surface area contributed by atoms with Gasteiger partial charge in [-0.05, 0) is 42.1 Å².